The number of likely N-dealkylation sites (tertiary alicyclic amines) is 1. The van der Waals surface area contributed by atoms with Gasteiger partial charge in [-0.25, -0.2) is 4.39 Å². The predicted molar refractivity (Wildman–Crippen MR) is 69.4 cm³/mol. The van der Waals surface area contributed by atoms with Crippen LogP contribution in [0.3, 0.4) is 0 Å². The maximum absolute atomic E-state index is 13.3. The summed E-state index contributed by atoms with van der Waals surface area (Å²) in [6.07, 6.45) is 1.11. The summed E-state index contributed by atoms with van der Waals surface area (Å²) in [4.78, 5) is 2.48. The molecule has 0 spiro atoms. The van der Waals surface area contributed by atoms with E-state index >= 15 is 0 Å². The molecule has 1 aromatic rings. The molecule has 2 rings (SSSR count). The third kappa shape index (κ3) is 2.68. The first kappa shape index (κ1) is 12.6. The molecule has 0 radical (unpaired) electrons. The lowest BCUT2D eigenvalue weighted by molar-refractivity contribution is 0.194. The summed E-state index contributed by atoms with van der Waals surface area (Å²) in [5, 5.41) is 0. The van der Waals surface area contributed by atoms with Gasteiger partial charge in [0.1, 0.15) is 5.82 Å². The molecule has 2 heteroatoms. The van der Waals surface area contributed by atoms with E-state index in [0.717, 1.165) is 18.5 Å². The van der Waals surface area contributed by atoms with Gasteiger partial charge in [0.05, 0.1) is 0 Å². The minimum absolute atomic E-state index is 0.129. The first-order chi connectivity index (χ1) is 7.89. The van der Waals surface area contributed by atoms with Crippen molar-refractivity contribution in [2.45, 2.75) is 46.2 Å². The number of benzene rings is 1. The summed E-state index contributed by atoms with van der Waals surface area (Å²) in [6.45, 7) is 10.1. The number of nitrogens with zero attached hydrogens (tertiary/aromatic N) is 1. The van der Waals surface area contributed by atoms with E-state index in [0.29, 0.717) is 17.5 Å². The fourth-order valence-corrected chi connectivity index (χ4v) is 2.88. The van der Waals surface area contributed by atoms with Crippen LogP contribution in [0.25, 0.3) is 0 Å². The Labute approximate surface area is 104 Å². The second-order valence-electron chi connectivity index (χ2n) is 6.21. The summed E-state index contributed by atoms with van der Waals surface area (Å²) in [5.74, 6) is -0.129. The molecule has 0 bridgehead atoms. The van der Waals surface area contributed by atoms with Crippen LogP contribution in [-0.4, -0.2) is 17.5 Å². The zero-order valence-corrected chi connectivity index (χ0v) is 11.2. The number of hydrogen-bond acceptors (Lipinski definition) is 1. The van der Waals surface area contributed by atoms with Crippen molar-refractivity contribution in [3.63, 3.8) is 0 Å². The minimum atomic E-state index is -0.129. The summed E-state index contributed by atoms with van der Waals surface area (Å²) in [7, 11) is 0. The smallest absolute Gasteiger partial charge is 0.123 e. The number of hydrogen-bond donors (Lipinski definition) is 0. The first-order valence-corrected chi connectivity index (χ1v) is 6.40. The van der Waals surface area contributed by atoms with E-state index in [1.54, 1.807) is 6.07 Å². The minimum Gasteiger partial charge on any atom is -0.293 e. The van der Waals surface area contributed by atoms with E-state index in [-0.39, 0.29) is 5.82 Å². The molecule has 1 atom stereocenters. The highest BCUT2D eigenvalue weighted by Crippen LogP contribution is 2.43. The zero-order valence-electron chi connectivity index (χ0n) is 11.2. The number of rotatable bonds is 2. The normalized spacial score (nSPS) is 24.5. The maximum Gasteiger partial charge on any atom is 0.123 e. The van der Waals surface area contributed by atoms with E-state index in [1.165, 1.54) is 6.07 Å². The van der Waals surface area contributed by atoms with Crippen LogP contribution in [0, 0.1) is 11.2 Å². The Balaban J connectivity index is 2.30. The van der Waals surface area contributed by atoms with Crippen molar-refractivity contribution in [3.8, 4) is 0 Å². The van der Waals surface area contributed by atoms with Crippen molar-refractivity contribution in [2.75, 3.05) is 6.54 Å². The molecule has 0 N–H and O–H groups in total. The lowest BCUT2D eigenvalue weighted by atomic mass is 9.89. The third-order valence-corrected chi connectivity index (χ3v) is 3.65. The van der Waals surface area contributed by atoms with Gasteiger partial charge >= 0.3 is 0 Å². The lowest BCUT2D eigenvalue weighted by Gasteiger charge is -2.28. The summed E-state index contributed by atoms with van der Waals surface area (Å²) >= 11 is 0. The summed E-state index contributed by atoms with van der Waals surface area (Å²) < 4.78 is 13.3. The highest BCUT2D eigenvalue weighted by Gasteiger charge is 2.39. The van der Waals surface area contributed by atoms with Gasteiger partial charge < -0.3 is 0 Å². The molecule has 0 aliphatic carbocycles. The van der Waals surface area contributed by atoms with E-state index in [9.17, 15) is 4.39 Å². The molecule has 17 heavy (non-hydrogen) atoms. The van der Waals surface area contributed by atoms with Crippen LogP contribution in [0.5, 0.6) is 0 Å². The molecular formula is C15H22FN. The lowest BCUT2D eigenvalue weighted by Crippen LogP contribution is -2.32. The molecule has 1 aromatic carbocycles. The van der Waals surface area contributed by atoms with E-state index in [4.69, 9.17) is 0 Å². The average molecular weight is 235 g/mol. The first-order valence-electron chi connectivity index (χ1n) is 6.40. The van der Waals surface area contributed by atoms with Crippen LogP contribution in [-0.2, 0) is 0 Å². The summed E-state index contributed by atoms with van der Waals surface area (Å²) in [6, 6.07) is 7.93. The molecule has 1 aliphatic heterocycles. The Morgan fingerprint density at radius 3 is 2.65 bits per heavy atom. The Hall–Kier alpha value is -0.890. The molecule has 94 valence electrons. The van der Waals surface area contributed by atoms with Gasteiger partial charge in [-0.05, 0) is 43.4 Å². The Morgan fingerprint density at radius 2 is 2.06 bits per heavy atom. The van der Waals surface area contributed by atoms with Crippen molar-refractivity contribution in [1.82, 2.24) is 4.90 Å². The van der Waals surface area contributed by atoms with Gasteiger partial charge in [0.15, 0.2) is 0 Å². The standard InChI is InChI=1S/C15H22FN/c1-11(2)17-10-15(3,4)9-14(17)12-6-5-7-13(16)8-12/h5-8,11,14H,9-10H2,1-4H3. The number of halogens is 1. The monoisotopic (exact) mass is 235 g/mol. The Morgan fingerprint density at radius 1 is 1.35 bits per heavy atom. The molecule has 1 heterocycles. The Kier molecular flexibility index (Phi) is 3.26. The second-order valence-corrected chi connectivity index (χ2v) is 6.21. The fourth-order valence-electron chi connectivity index (χ4n) is 2.88. The van der Waals surface area contributed by atoms with Gasteiger partial charge in [-0.15, -0.1) is 0 Å². The molecule has 0 amide bonds. The van der Waals surface area contributed by atoms with Crippen molar-refractivity contribution in [1.29, 1.82) is 0 Å². The quantitative estimate of drug-likeness (QED) is 0.748. The largest absolute Gasteiger partial charge is 0.293 e. The van der Waals surface area contributed by atoms with Gasteiger partial charge in [-0.1, -0.05) is 26.0 Å². The molecule has 1 saturated heterocycles. The summed E-state index contributed by atoms with van der Waals surface area (Å²) in [5.41, 5.74) is 1.44. The molecule has 0 aromatic heterocycles. The van der Waals surface area contributed by atoms with Gasteiger partial charge in [0.2, 0.25) is 0 Å². The van der Waals surface area contributed by atoms with E-state index in [2.05, 4.69) is 32.6 Å². The van der Waals surface area contributed by atoms with Crippen LogP contribution in [0.4, 0.5) is 4.39 Å². The van der Waals surface area contributed by atoms with Crippen molar-refractivity contribution in [3.05, 3.63) is 35.6 Å². The maximum atomic E-state index is 13.3. The molecule has 1 fully saturated rings. The second kappa shape index (κ2) is 4.41. The van der Waals surface area contributed by atoms with Gasteiger partial charge in [0.25, 0.3) is 0 Å². The van der Waals surface area contributed by atoms with Gasteiger partial charge in [-0.2, -0.15) is 0 Å². The van der Waals surface area contributed by atoms with Crippen molar-refractivity contribution >= 4 is 0 Å². The zero-order chi connectivity index (χ0) is 12.6. The van der Waals surface area contributed by atoms with Crippen molar-refractivity contribution in [2.24, 2.45) is 5.41 Å². The van der Waals surface area contributed by atoms with Crippen LogP contribution in [0.15, 0.2) is 24.3 Å². The Bertz CT molecular complexity index is 398. The van der Waals surface area contributed by atoms with Gasteiger partial charge in [0, 0.05) is 18.6 Å². The topological polar surface area (TPSA) is 3.24 Å². The van der Waals surface area contributed by atoms with Crippen LogP contribution in [0.2, 0.25) is 0 Å². The third-order valence-electron chi connectivity index (χ3n) is 3.65. The van der Waals surface area contributed by atoms with E-state index < -0.39 is 0 Å². The SMILES string of the molecule is CC(C)N1CC(C)(C)CC1c1cccc(F)c1. The van der Waals surface area contributed by atoms with Crippen molar-refractivity contribution < 1.29 is 4.39 Å². The highest BCUT2D eigenvalue weighted by atomic mass is 19.1. The highest BCUT2D eigenvalue weighted by molar-refractivity contribution is 5.22. The molecule has 0 saturated carbocycles. The molecule has 1 aliphatic rings. The fraction of sp³-hybridized carbons (Fsp3) is 0.600. The van der Waals surface area contributed by atoms with Gasteiger partial charge in [-0.3, -0.25) is 4.90 Å². The molecule has 1 unspecified atom stereocenters. The van der Waals surface area contributed by atoms with E-state index in [1.807, 2.05) is 12.1 Å². The van der Waals surface area contributed by atoms with Crippen LogP contribution in [0.1, 0.15) is 45.7 Å². The molecule has 1 nitrogen and oxygen atoms in total. The average Bonchev–Trinajstić information content (AvgIpc) is 2.55. The van der Waals surface area contributed by atoms with Crippen LogP contribution >= 0.6 is 0 Å². The van der Waals surface area contributed by atoms with Crippen LogP contribution < -0.4 is 0 Å². The molecular weight excluding hydrogens is 213 g/mol. The predicted octanol–water partition coefficient (Wildman–Crippen LogP) is 4.01.